The van der Waals surface area contributed by atoms with E-state index < -0.39 is 0 Å². The number of rotatable bonds is 3. The Morgan fingerprint density at radius 3 is 3.15 bits per heavy atom. The number of fused-ring (bicyclic) bond motifs is 3. The van der Waals surface area contributed by atoms with Crippen molar-refractivity contribution in [2.24, 2.45) is 5.11 Å². The van der Waals surface area contributed by atoms with Gasteiger partial charge in [0.25, 0.3) is 0 Å². The van der Waals surface area contributed by atoms with E-state index in [9.17, 15) is 0 Å². The van der Waals surface area contributed by atoms with Crippen LogP contribution in [0.4, 0.5) is 0 Å². The van der Waals surface area contributed by atoms with Crippen LogP contribution >= 0.6 is 11.6 Å². The van der Waals surface area contributed by atoms with Crippen molar-refractivity contribution < 1.29 is 0 Å². The molecule has 0 aliphatic carbocycles. The molecule has 0 aliphatic heterocycles. The summed E-state index contributed by atoms with van der Waals surface area (Å²) in [5.41, 5.74) is 10.4. The fraction of sp³-hybridized carbons (Fsp3) is 0.214. The lowest BCUT2D eigenvalue weighted by Crippen LogP contribution is -2.08. The molecule has 3 rings (SSSR count). The van der Waals surface area contributed by atoms with Crippen LogP contribution in [0.15, 0.2) is 41.8 Å². The normalized spacial score (nSPS) is 12.5. The highest BCUT2D eigenvalue weighted by atomic mass is 35.5. The molecule has 0 saturated heterocycles. The minimum atomic E-state index is -0.113. The number of azide groups is 1. The molecule has 6 heteroatoms. The highest BCUT2D eigenvalue weighted by Crippen LogP contribution is 2.31. The maximum absolute atomic E-state index is 8.51. The van der Waals surface area contributed by atoms with Crippen LogP contribution in [0.1, 0.15) is 6.92 Å². The zero-order valence-electron chi connectivity index (χ0n) is 10.9. The van der Waals surface area contributed by atoms with E-state index >= 15 is 0 Å². The van der Waals surface area contributed by atoms with Gasteiger partial charge in [-0.1, -0.05) is 23.6 Å². The number of nitrogens with zero attached hydrogens (tertiary/aromatic N) is 5. The van der Waals surface area contributed by atoms with Gasteiger partial charge in [-0.2, -0.15) is 0 Å². The van der Waals surface area contributed by atoms with Crippen molar-refractivity contribution in [2.75, 3.05) is 0 Å². The Morgan fingerprint density at radius 2 is 2.35 bits per heavy atom. The first-order valence-corrected chi connectivity index (χ1v) is 6.65. The molecule has 2 heterocycles. The molecule has 0 amide bonds. The van der Waals surface area contributed by atoms with E-state index in [1.54, 1.807) is 6.20 Å². The summed E-state index contributed by atoms with van der Waals surface area (Å²) in [5, 5.41) is 6.44. The largest absolute Gasteiger partial charge is 0.347 e. The van der Waals surface area contributed by atoms with Gasteiger partial charge in [0.15, 0.2) is 0 Å². The Balaban J connectivity index is 2.25. The zero-order chi connectivity index (χ0) is 14.1. The van der Waals surface area contributed by atoms with Crippen LogP contribution < -0.4 is 0 Å². The van der Waals surface area contributed by atoms with Gasteiger partial charge in [-0.05, 0) is 29.8 Å². The minimum Gasteiger partial charge on any atom is -0.347 e. The molecule has 5 nitrogen and oxygen atoms in total. The van der Waals surface area contributed by atoms with Crippen LogP contribution in [-0.2, 0) is 6.54 Å². The molecule has 0 unspecified atom stereocenters. The van der Waals surface area contributed by atoms with E-state index in [0.29, 0.717) is 11.6 Å². The van der Waals surface area contributed by atoms with Gasteiger partial charge in [-0.3, -0.25) is 4.98 Å². The minimum absolute atomic E-state index is 0.113. The first-order valence-electron chi connectivity index (χ1n) is 6.27. The van der Waals surface area contributed by atoms with Gasteiger partial charge < -0.3 is 4.57 Å². The average molecular weight is 286 g/mol. The fourth-order valence-corrected chi connectivity index (χ4v) is 2.74. The summed E-state index contributed by atoms with van der Waals surface area (Å²) < 4.78 is 2.08. The second-order valence-corrected chi connectivity index (χ2v) is 5.13. The van der Waals surface area contributed by atoms with Crippen LogP contribution in [0.5, 0.6) is 0 Å². The Labute approximate surface area is 120 Å². The van der Waals surface area contributed by atoms with Gasteiger partial charge in [-0.25, -0.2) is 0 Å². The summed E-state index contributed by atoms with van der Waals surface area (Å²) in [7, 11) is 0. The molecular weight excluding hydrogens is 274 g/mol. The van der Waals surface area contributed by atoms with E-state index in [-0.39, 0.29) is 6.04 Å². The number of benzene rings is 1. The van der Waals surface area contributed by atoms with Gasteiger partial charge in [0.05, 0.1) is 22.1 Å². The summed E-state index contributed by atoms with van der Waals surface area (Å²) in [6, 6.07) is 7.72. The van der Waals surface area contributed by atoms with E-state index in [4.69, 9.17) is 17.1 Å². The molecule has 100 valence electrons. The van der Waals surface area contributed by atoms with E-state index in [1.165, 1.54) is 0 Å². The molecule has 20 heavy (non-hydrogen) atoms. The van der Waals surface area contributed by atoms with Crippen molar-refractivity contribution in [1.29, 1.82) is 0 Å². The lowest BCUT2D eigenvalue weighted by Gasteiger charge is -2.10. The van der Waals surface area contributed by atoms with E-state index in [1.807, 2.05) is 37.4 Å². The summed E-state index contributed by atoms with van der Waals surface area (Å²) in [6.45, 7) is 2.51. The molecule has 0 bridgehead atoms. The topological polar surface area (TPSA) is 66.6 Å². The average Bonchev–Trinajstić information content (AvgIpc) is 2.82. The molecule has 1 atom stereocenters. The maximum Gasteiger partial charge on any atom is 0.0909 e. The lowest BCUT2D eigenvalue weighted by atomic mass is 10.1. The summed E-state index contributed by atoms with van der Waals surface area (Å²) >= 11 is 6.26. The molecule has 0 spiro atoms. The van der Waals surface area contributed by atoms with Crippen molar-refractivity contribution in [3.63, 3.8) is 0 Å². The smallest absolute Gasteiger partial charge is 0.0909 e. The molecule has 1 aromatic carbocycles. The predicted octanol–water partition coefficient (Wildman–Crippen LogP) is 4.54. The maximum atomic E-state index is 8.51. The van der Waals surface area contributed by atoms with Crippen LogP contribution in [-0.4, -0.2) is 15.6 Å². The third-order valence-electron chi connectivity index (χ3n) is 3.28. The first-order chi connectivity index (χ1) is 9.70. The van der Waals surface area contributed by atoms with Crippen molar-refractivity contribution in [3.8, 4) is 0 Å². The van der Waals surface area contributed by atoms with Gasteiger partial charge in [-0.15, -0.1) is 0 Å². The van der Waals surface area contributed by atoms with Crippen molar-refractivity contribution in [1.82, 2.24) is 9.55 Å². The van der Waals surface area contributed by atoms with E-state index in [0.717, 1.165) is 21.8 Å². The quantitative estimate of drug-likeness (QED) is 0.396. The van der Waals surface area contributed by atoms with Crippen LogP contribution in [0, 0.1) is 0 Å². The number of hydrogen-bond donors (Lipinski definition) is 0. The Morgan fingerprint density at radius 1 is 1.50 bits per heavy atom. The van der Waals surface area contributed by atoms with Gasteiger partial charge in [0, 0.05) is 34.6 Å². The van der Waals surface area contributed by atoms with Crippen LogP contribution in [0.25, 0.3) is 32.2 Å². The summed E-state index contributed by atoms with van der Waals surface area (Å²) in [4.78, 5) is 7.19. The van der Waals surface area contributed by atoms with Gasteiger partial charge in [0.2, 0.25) is 0 Å². The molecule has 2 aromatic heterocycles. The standard InChI is InChI=1S/C14H12ClN5/c1-9(18-19-16)8-20-6-4-10-7-12(15)13-11(14(10)20)3-2-5-17-13/h2-7,9H,8H2,1H3/t9-/m0/s1. The predicted molar refractivity (Wildman–Crippen MR) is 80.9 cm³/mol. The summed E-state index contributed by atoms with van der Waals surface area (Å²) in [6.07, 6.45) is 3.72. The van der Waals surface area contributed by atoms with Crippen LogP contribution in [0.3, 0.4) is 0 Å². The number of hydrogen-bond acceptors (Lipinski definition) is 2. The first kappa shape index (κ1) is 12.8. The number of aromatic nitrogens is 2. The van der Waals surface area contributed by atoms with Gasteiger partial charge >= 0.3 is 0 Å². The monoisotopic (exact) mass is 285 g/mol. The van der Waals surface area contributed by atoms with Crippen molar-refractivity contribution in [2.45, 2.75) is 19.5 Å². The van der Waals surface area contributed by atoms with Crippen molar-refractivity contribution >= 4 is 33.4 Å². The van der Waals surface area contributed by atoms with Crippen LogP contribution in [0.2, 0.25) is 5.02 Å². The van der Waals surface area contributed by atoms with E-state index in [2.05, 4.69) is 19.6 Å². The van der Waals surface area contributed by atoms with Crippen molar-refractivity contribution in [3.05, 3.63) is 52.1 Å². The van der Waals surface area contributed by atoms with Gasteiger partial charge in [0.1, 0.15) is 0 Å². The molecular formula is C14H12ClN5. The second-order valence-electron chi connectivity index (χ2n) is 4.72. The zero-order valence-corrected chi connectivity index (χ0v) is 11.6. The highest BCUT2D eigenvalue weighted by Gasteiger charge is 2.11. The molecule has 0 saturated carbocycles. The molecule has 3 aromatic rings. The summed E-state index contributed by atoms with van der Waals surface area (Å²) in [5.74, 6) is 0. The SMILES string of the molecule is C[C@@H](Cn1ccc2cc(Cl)c3ncccc3c21)N=[N+]=[N-]. The Hall–Kier alpha value is -2.23. The molecule has 0 aliphatic rings. The number of pyridine rings is 1. The molecule has 0 fully saturated rings. The Bertz CT molecular complexity index is 832. The Kier molecular flexibility index (Phi) is 3.22. The third-order valence-corrected chi connectivity index (χ3v) is 3.56. The molecule has 0 radical (unpaired) electrons. The lowest BCUT2D eigenvalue weighted by molar-refractivity contribution is 0.603. The molecule has 0 N–H and O–H groups in total. The second kappa shape index (κ2) is 5.04. The third kappa shape index (κ3) is 2.07. The highest BCUT2D eigenvalue weighted by molar-refractivity contribution is 6.36. The number of halogens is 1. The fourth-order valence-electron chi connectivity index (χ4n) is 2.47.